The van der Waals surface area contributed by atoms with E-state index in [4.69, 9.17) is 10.1 Å². The van der Waals surface area contributed by atoms with Crippen molar-refractivity contribution in [3.8, 4) is 0 Å². The van der Waals surface area contributed by atoms with Gasteiger partial charge >= 0.3 is 5.97 Å². The number of aliphatic hydroxyl groups excluding tert-OH is 1. The predicted octanol–water partition coefficient (Wildman–Crippen LogP) is 1.13. The zero-order chi connectivity index (χ0) is 14.4. The van der Waals surface area contributed by atoms with Crippen molar-refractivity contribution in [3.05, 3.63) is 18.2 Å². The van der Waals surface area contributed by atoms with Gasteiger partial charge in [-0.25, -0.2) is 4.79 Å². The Labute approximate surface area is 119 Å². The zero-order valence-electron chi connectivity index (χ0n) is 11.6. The minimum atomic E-state index is -0.413. The molecule has 0 amide bonds. The van der Waals surface area contributed by atoms with Crippen molar-refractivity contribution in [2.24, 2.45) is 5.92 Å². The fourth-order valence-electron chi connectivity index (χ4n) is 3.28. The number of hydrogen-bond acceptors (Lipinski definition) is 5. The van der Waals surface area contributed by atoms with Crippen LogP contribution in [0.15, 0.2) is 18.2 Å². The summed E-state index contributed by atoms with van der Waals surface area (Å²) in [5.41, 5.74) is 0. The van der Waals surface area contributed by atoms with Crippen molar-refractivity contribution in [2.45, 2.75) is 37.8 Å². The SMILES string of the molecule is N=C=CC=CC(=O)OC1CCN2CCCCC2C1CO. The Morgan fingerprint density at radius 3 is 3.00 bits per heavy atom. The van der Waals surface area contributed by atoms with Crippen LogP contribution in [0, 0.1) is 11.3 Å². The maximum atomic E-state index is 11.7. The first-order chi connectivity index (χ1) is 9.76. The number of aliphatic hydroxyl groups is 1. The number of nitrogens with zero attached hydrogens (tertiary/aromatic N) is 1. The van der Waals surface area contributed by atoms with E-state index in [-0.39, 0.29) is 18.6 Å². The Bertz CT molecular complexity index is 415. The lowest BCUT2D eigenvalue weighted by Crippen LogP contribution is -2.55. The van der Waals surface area contributed by atoms with Crippen LogP contribution < -0.4 is 0 Å². The van der Waals surface area contributed by atoms with Gasteiger partial charge in [-0.05, 0) is 43.8 Å². The summed E-state index contributed by atoms with van der Waals surface area (Å²) in [6.45, 7) is 2.08. The van der Waals surface area contributed by atoms with Crippen molar-refractivity contribution < 1.29 is 14.6 Å². The van der Waals surface area contributed by atoms with E-state index in [1.807, 2.05) is 0 Å². The van der Waals surface area contributed by atoms with E-state index < -0.39 is 5.97 Å². The van der Waals surface area contributed by atoms with Crippen LogP contribution in [0.3, 0.4) is 0 Å². The Morgan fingerprint density at radius 1 is 1.40 bits per heavy atom. The largest absolute Gasteiger partial charge is 0.459 e. The van der Waals surface area contributed by atoms with Gasteiger partial charge in [0.1, 0.15) is 6.10 Å². The second-order valence-electron chi connectivity index (χ2n) is 5.38. The van der Waals surface area contributed by atoms with Gasteiger partial charge in [0.05, 0.1) is 6.61 Å². The summed E-state index contributed by atoms with van der Waals surface area (Å²) >= 11 is 0. The molecule has 110 valence electrons. The summed E-state index contributed by atoms with van der Waals surface area (Å²) in [5.74, 6) is 1.67. The van der Waals surface area contributed by atoms with Gasteiger partial charge in [-0.15, -0.1) is 0 Å². The second kappa shape index (κ2) is 7.39. The maximum Gasteiger partial charge on any atom is 0.331 e. The lowest BCUT2D eigenvalue weighted by atomic mass is 9.82. The molecule has 0 aromatic carbocycles. The molecule has 5 heteroatoms. The van der Waals surface area contributed by atoms with Crippen molar-refractivity contribution >= 4 is 11.8 Å². The molecule has 2 fully saturated rings. The molecule has 2 aliphatic rings. The highest BCUT2D eigenvalue weighted by Crippen LogP contribution is 2.32. The number of rotatable bonds is 4. The third-order valence-corrected chi connectivity index (χ3v) is 4.23. The Morgan fingerprint density at radius 2 is 2.25 bits per heavy atom. The van der Waals surface area contributed by atoms with Crippen LogP contribution >= 0.6 is 0 Å². The van der Waals surface area contributed by atoms with E-state index >= 15 is 0 Å². The van der Waals surface area contributed by atoms with Crippen molar-refractivity contribution in [1.29, 1.82) is 5.41 Å². The quantitative estimate of drug-likeness (QED) is 0.350. The first kappa shape index (κ1) is 15.0. The molecule has 0 radical (unpaired) electrons. The fraction of sp³-hybridized carbons (Fsp3) is 0.667. The van der Waals surface area contributed by atoms with E-state index in [9.17, 15) is 9.90 Å². The maximum absolute atomic E-state index is 11.7. The summed E-state index contributed by atoms with van der Waals surface area (Å²) in [6, 6.07) is 0.339. The van der Waals surface area contributed by atoms with E-state index in [0.717, 1.165) is 25.9 Å². The molecule has 5 nitrogen and oxygen atoms in total. The minimum Gasteiger partial charge on any atom is -0.459 e. The highest BCUT2D eigenvalue weighted by atomic mass is 16.5. The van der Waals surface area contributed by atoms with E-state index in [0.29, 0.717) is 6.04 Å². The lowest BCUT2D eigenvalue weighted by molar-refractivity contribution is -0.153. The van der Waals surface area contributed by atoms with Gasteiger partial charge in [0.2, 0.25) is 0 Å². The number of allylic oxidation sites excluding steroid dienone is 2. The molecule has 2 N–H and O–H groups in total. The molecule has 0 bridgehead atoms. The average molecular weight is 278 g/mol. The third-order valence-electron chi connectivity index (χ3n) is 4.23. The summed E-state index contributed by atoms with van der Waals surface area (Å²) < 4.78 is 5.47. The van der Waals surface area contributed by atoms with Crippen molar-refractivity contribution in [3.63, 3.8) is 0 Å². The van der Waals surface area contributed by atoms with Crippen molar-refractivity contribution in [2.75, 3.05) is 19.7 Å². The van der Waals surface area contributed by atoms with Gasteiger partial charge in [0.15, 0.2) is 0 Å². The van der Waals surface area contributed by atoms with Crippen LogP contribution in [0.5, 0.6) is 0 Å². The van der Waals surface area contributed by atoms with Crippen LogP contribution in [0.2, 0.25) is 0 Å². The lowest BCUT2D eigenvalue weighted by Gasteiger charge is -2.46. The topological polar surface area (TPSA) is 73.6 Å². The number of fused-ring (bicyclic) bond motifs is 1. The molecule has 0 aromatic rings. The molecule has 0 aliphatic carbocycles. The predicted molar refractivity (Wildman–Crippen MR) is 75.7 cm³/mol. The molecule has 2 aliphatic heterocycles. The van der Waals surface area contributed by atoms with E-state index in [2.05, 4.69) is 10.8 Å². The second-order valence-corrected chi connectivity index (χ2v) is 5.38. The molecule has 0 spiro atoms. The van der Waals surface area contributed by atoms with Gasteiger partial charge < -0.3 is 9.84 Å². The standard InChI is InChI=1S/C15H22N2O3/c16-8-3-1-6-15(19)20-14-7-10-17-9-4-2-5-13(17)12(14)11-18/h1,3,6,12-14,16,18H,2,4-5,7,9-11H2. The van der Waals surface area contributed by atoms with Crippen LogP contribution in [-0.4, -0.2) is 53.7 Å². The smallest absolute Gasteiger partial charge is 0.331 e. The summed E-state index contributed by atoms with van der Waals surface area (Å²) in [5, 5.41) is 16.4. The normalized spacial score (nSPS) is 30.6. The number of carbonyl (C=O) groups is 1. The first-order valence-corrected chi connectivity index (χ1v) is 7.24. The van der Waals surface area contributed by atoms with Gasteiger partial charge in [-0.2, -0.15) is 0 Å². The Balaban J connectivity index is 1.96. The number of esters is 1. The zero-order valence-corrected chi connectivity index (χ0v) is 11.6. The molecule has 0 saturated carbocycles. The molecule has 2 saturated heterocycles. The fourth-order valence-corrected chi connectivity index (χ4v) is 3.28. The summed E-state index contributed by atoms with van der Waals surface area (Å²) in [4.78, 5) is 14.1. The van der Waals surface area contributed by atoms with E-state index in [1.54, 1.807) is 0 Å². The average Bonchev–Trinajstić information content (AvgIpc) is 2.47. The van der Waals surface area contributed by atoms with Gasteiger partial charge in [0, 0.05) is 24.6 Å². The van der Waals surface area contributed by atoms with Crippen LogP contribution in [0.4, 0.5) is 0 Å². The van der Waals surface area contributed by atoms with Gasteiger partial charge in [-0.1, -0.05) is 6.42 Å². The number of hydrogen-bond donors (Lipinski definition) is 2. The number of carbonyl (C=O) groups excluding carboxylic acids is 1. The molecular weight excluding hydrogens is 256 g/mol. The molecule has 0 aromatic heterocycles. The summed E-state index contributed by atoms with van der Waals surface area (Å²) in [6.07, 6.45) is 8.13. The number of nitrogens with one attached hydrogen (secondary N) is 1. The molecule has 3 atom stereocenters. The van der Waals surface area contributed by atoms with Crippen LogP contribution in [0.25, 0.3) is 0 Å². The molecule has 2 rings (SSSR count). The summed E-state index contributed by atoms with van der Waals surface area (Å²) in [7, 11) is 0. The third kappa shape index (κ3) is 3.57. The minimum absolute atomic E-state index is 0.0136. The van der Waals surface area contributed by atoms with E-state index in [1.165, 1.54) is 31.1 Å². The van der Waals surface area contributed by atoms with Gasteiger partial charge in [-0.3, -0.25) is 10.3 Å². The Hall–Kier alpha value is -1.42. The Kier molecular flexibility index (Phi) is 5.53. The van der Waals surface area contributed by atoms with Gasteiger partial charge in [0.25, 0.3) is 0 Å². The van der Waals surface area contributed by atoms with Crippen LogP contribution in [-0.2, 0) is 9.53 Å². The molecule has 3 unspecified atom stereocenters. The molecule has 2 heterocycles. The molecular formula is C15H22N2O3. The van der Waals surface area contributed by atoms with Crippen molar-refractivity contribution in [1.82, 2.24) is 4.90 Å². The molecule has 20 heavy (non-hydrogen) atoms. The number of piperidine rings is 2. The monoisotopic (exact) mass is 278 g/mol. The van der Waals surface area contributed by atoms with Crippen LogP contribution in [0.1, 0.15) is 25.7 Å². The number of ether oxygens (including phenoxy) is 1. The first-order valence-electron chi connectivity index (χ1n) is 7.24. The highest BCUT2D eigenvalue weighted by molar-refractivity contribution is 5.82. The highest BCUT2D eigenvalue weighted by Gasteiger charge is 2.40.